The molecule has 0 saturated heterocycles. The molecule has 0 radical (unpaired) electrons. The fraction of sp³-hybridized carbons (Fsp3) is 0.167. The molecule has 0 atom stereocenters. The van der Waals surface area contributed by atoms with Crippen molar-refractivity contribution < 1.29 is 9.53 Å². The maximum absolute atomic E-state index is 11.9. The lowest BCUT2D eigenvalue weighted by atomic mass is 10.1. The van der Waals surface area contributed by atoms with E-state index in [1.54, 1.807) is 19.1 Å². The molecule has 0 aliphatic rings. The molecule has 0 fully saturated rings. The number of benzene rings is 1. The van der Waals surface area contributed by atoms with Crippen molar-refractivity contribution in [1.82, 2.24) is 4.98 Å². The number of ether oxygens (including phenoxy) is 1. The van der Waals surface area contributed by atoms with Crippen molar-refractivity contribution in [3.05, 3.63) is 33.4 Å². The summed E-state index contributed by atoms with van der Waals surface area (Å²) in [6.45, 7) is 2.00. The molecule has 7 heteroatoms. The number of carbonyl (C=O) groups is 1. The number of nitrogens with zero attached hydrogens (tertiary/aromatic N) is 1. The molecule has 1 aromatic carbocycles. The summed E-state index contributed by atoms with van der Waals surface area (Å²) in [6.07, 6.45) is 1.41. The molecule has 0 saturated carbocycles. The van der Waals surface area contributed by atoms with Crippen LogP contribution in [0.4, 0.5) is 5.69 Å². The average molecular weight is 345 g/mol. The molecule has 0 amide bonds. The third-order valence-electron chi connectivity index (χ3n) is 2.56. The molecule has 0 aliphatic heterocycles. The predicted molar refractivity (Wildman–Crippen MR) is 78.2 cm³/mol. The SMILES string of the molecule is CCOC(=O)c1cnc2c(Br)ccc(Cl)c2c1NN. The average Bonchev–Trinajstić information content (AvgIpc) is 2.41. The molecule has 1 heterocycles. The summed E-state index contributed by atoms with van der Waals surface area (Å²) in [5.41, 5.74) is 3.76. The smallest absolute Gasteiger partial charge is 0.341 e. The fourth-order valence-corrected chi connectivity index (χ4v) is 2.43. The lowest BCUT2D eigenvalue weighted by Crippen LogP contribution is -2.15. The van der Waals surface area contributed by atoms with Crippen LogP contribution < -0.4 is 11.3 Å². The highest BCUT2D eigenvalue weighted by Gasteiger charge is 2.18. The van der Waals surface area contributed by atoms with E-state index in [-0.39, 0.29) is 12.2 Å². The van der Waals surface area contributed by atoms with Crippen LogP contribution in [0, 0.1) is 0 Å². The monoisotopic (exact) mass is 343 g/mol. The number of anilines is 1. The van der Waals surface area contributed by atoms with Gasteiger partial charge in [-0.3, -0.25) is 10.8 Å². The summed E-state index contributed by atoms with van der Waals surface area (Å²) in [7, 11) is 0. The highest BCUT2D eigenvalue weighted by Crippen LogP contribution is 2.35. The van der Waals surface area contributed by atoms with E-state index in [0.29, 0.717) is 21.6 Å². The van der Waals surface area contributed by atoms with Crippen LogP contribution in [-0.4, -0.2) is 17.6 Å². The molecular weight excluding hydrogens is 334 g/mol. The standard InChI is InChI=1S/C12H11BrClN3O2/c1-2-19-12(18)6-5-16-11-7(13)3-4-8(14)9(11)10(6)17-15/h3-5H,2,15H2,1H3,(H,16,17). The Kier molecular flexibility index (Phi) is 4.24. The maximum Gasteiger partial charge on any atom is 0.341 e. The van der Waals surface area contributed by atoms with Gasteiger partial charge in [-0.25, -0.2) is 4.79 Å². The van der Waals surface area contributed by atoms with Crippen LogP contribution in [0.3, 0.4) is 0 Å². The summed E-state index contributed by atoms with van der Waals surface area (Å²) >= 11 is 9.54. The Morgan fingerprint density at radius 3 is 2.95 bits per heavy atom. The molecular formula is C12H11BrClN3O2. The molecule has 19 heavy (non-hydrogen) atoms. The van der Waals surface area contributed by atoms with Crippen molar-refractivity contribution in [2.45, 2.75) is 6.92 Å². The number of hydrogen-bond acceptors (Lipinski definition) is 5. The van der Waals surface area contributed by atoms with Crippen LogP contribution in [-0.2, 0) is 4.74 Å². The second kappa shape index (κ2) is 5.73. The van der Waals surface area contributed by atoms with Crippen LogP contribution in [0.15, 0.2) is 22.8 Å². The Bertz CT molecular complexity index is 648. The minimum atomic E-state index is -0.499. The summed E-state index contributed by atoms with van der Waals surface area (Å²) in [5, 5.41) is 1.02. The first-order chi connectivity index (χ1) is 9.10. The van der Waals surface area contributed by atoms with Crippen LogP contribution >= 0.6 is 27.5 Å². The molecule has 0 unspecified atom stereocenters. The minimum Gasteiger partial charge on any atom is -0.462 e. The topological polar surface area (TPSA) is 77.2 Å². The number of aromatic nitrogens is 1. The molecule has 0 spiro atoms. The van der Waals surface area contributed by atoms with Crippen LogP contribution in [0.5, 0.6) is 0 Å². The van der Waals surface area contributed by atoms with Crippen molar-refractivity contribution in [1.29, 1.82) is 0 Å². The molecule has 100 valence electrons. The predicted octanol–water partition coefficient (Wildman–Crippen LogP) is 3.11. The number of nitrogens with one attached hydrogen (secondary N) is 1. The molecule has 0 aliphatic carbocycles. The summed E-state index contributed by atoms with van der Waals surface area (Å²) < 4.78 is 5.72. The van der Waals surface area contributed by atoms with E-state index in [0.717, 1.165) is 4.47 Å². The number of halogens is 2. The third kappa shape index (κ3) is 2.51. The number of rotatable bonds is 3. The Labute approximate surface area is 123 Å². The number of esters is 1. The number of pyridine rings is 1. The number of fused-ring (bicyclic) bond motifs is 1. The molecule has 5 nitrogen and oxygen atoms in total. The van der Waals surface area contributed by atoms with Gasteiger partial charge in [0.2, 0.25) is 0 Å². The first kappa shape index (κ1) is 14.0. The fourth-order valence-electron chi connectivity index (χ4n) is 1.75. The van der Waals surface area contributed by atoms with Gasteiger partial charge in [0.25, 0.3) is 0 Å². The lowest BCUT2D eigenvalue weighted by Gasteiger charge is -2.12. The van der Waals surface area contributed by atoms with Gasteiger partial charge >= 0.3 is 5.97 Å². The Balaban J connectivity index is 2.76. The van der Waals surface area contributed by atoms with Gasteiger partial charge in [0.1, 0.15) is 5.56 Å². The molecule has 0 bridgehead atoms. The van der Waals surface area contributed by atoms with Gasteiger partial charge in [-0.2, -0.15) is 0 Å². The highest BCUT2D eigenvalue weighted by atomic mass is 79.9. The van der Waals surface area contributed by atoms with Crippen LogP contribution in [0.2, 0.25) is 5.02 Å². The van der Waals surface area contributed by atoms with Gasteiger partial charge in [-0.15, -0.1) is 0 Å². The van der Waals surface area contributed by atoms with Crippen molar-refractivity contribution >= 4 is 50.1 Å². The van der Waals surface area contributed by atoms with E-state index in [4.69, 9.17) is 22.2 Å². The van der Waals surface area contributed by atoms with E-state index in [1.807, 2.05) is 0 Å². The Morgan fingerprint density at radius 1 is 1.58 bits per heavy atom. The first-order valence-electron chi connectivity index (χ1n) is 5.50. The largest absolute Gasteiger partial charge is 0.462 e. The van der Waals surface area contributed by atoms with Gasteiger partial charge in [-0.1, -0.05) is 11.6 Å². The van der Waals surface area contributed by atoms with E-state index < -0.39 is 5.97 Å². The first-order valence-corrected chi connectivity index (χ1v) is 6.67. The highest BCUT2D eigenvalue weighted by molar-refractivity contribution is 9.10. The zero-order valence-corrected chi connectivity index (χ0v) is 12.4. The lowest BCUT2D eigenvalue weighted by molar-refractivity contribution is 0.0527. The van der Waals surface area contributed by atoms with Gasteiger partial charge < -0.3 is 10.2 Å². The molecule has 1 aromatic heterocycles. The number of carbonyl (C=O) groups excluding carboxylic acids is 1. The van der Waals surface area contributed by atoms with E-state index in [9.17, 15) is 4.79 Å². The Hall–Kier alpha value is -1.37. The van der Waals surface area contributed by atoms with Gasteiger partial charge in [0.05, 0.1) is 22.8 Å². The normalized spacial score (nSPS) is 10.5. The van der Waals surface area contributed by atoms with Crippen molar-refractivity contribution in [3.8, 4) is 0 Å². The number of nitrogen functional groups attached to an aromatic ring is 1. The zero-order valence-electron chi connectivity index (χ0n) is 10.0. The molecule has 2 rings (SSSR count). The second-order valence-electron chi connectivity index (χ2n) is 3.66. The molecule has 2 aromatic rings. The summed E-state index contributed by atoms with van der Waals surface area (Å²) in [5.74, 6) is 5.01. The zero-order chi connectivity index (χ0) is 14.0. The Morgan fingerprint density at radius 2 is 2.32 bits per heavy atom. The number of hydrogen-bond donors (Lipinski definition) is 2. The number of hydrazine groups is 1. The second-order valence-corrected chi connectivity index (χ2v) is 4.93. The maximum atomic E-state index is 11.9. The van der Waals surface area contributed by atoms with Gasteiger partial charge in [0.15, 0.2) is 0 Å². The van der Waals surface area contributed by atoms with Crippen molar-refractivity contribution in [2.75, 3.05) is 12.0 Å². The van der Waals surface area contributed by atoms with Crippen molar-refractivity contribution in [2.24, 2.45) is 5.84 Å². The third-order valence-corrected chi connectivity index (χ3v) is 3.51. The summed E-state index contributed by atoms with van der Waals surface area (Å²) in [4.78, 5) is 16.1. The van der Waals surface area contributed by atoms with E-state index in [2.05, 4.69) is 26.3 Å². The van der Waals surface area contributed by atoms with Crippen LogP contribution in [0.25, 0.3) is 10.9 Å². The van der Waals surface area contributed by atoms with Crippen LogP contribution in [0.1, 0.15) is 17.3 Å². The quantitative estimate of drug-likeness (QED) is 0.508. The van der Waals surface area contributed by atoms with E-state index >= 15 is 0 Å². The van der Waals surface area contributed by atoms with Crippen molar-refractivity contribution in [3.63, 3.8) is 0 Å². The van der Waals surface area contributed by atoms with Gasteiger partial charge in [0, 0.05) is 16.1 Å². The number of nitrogens with two attached hydrogens (primary N) is 1. The minimum absolute atomic E-state index is 0.247. The van der Waals surface area contributed by atoms with Gasteiger partial charge in [-0.05, 0) is 35.0 Å². The summed E-state index contributed by atoms with van der Waals surface area (Å²) in [6, 6.07) is 3.48. The van der Waals surface area contributed by atoms with E-state index in [1.165, 1.54) is 6.20 Å². The molecule has 3 N–H and O–H groups in total.